The molecule has 1 amide bonds. The van der Waals surface area contributed by atoms with E-state index in [-0.39, 0.29) is 10.9 Å². The van der Waals surface area contributed by atoms with Crippen LogP contribution in [0.5, 0.6) is 5.75 Å². The van der Waals surface area contributed by atoms with E-state index in [1.807, 2.05) is 6.07 Å². The van der Waals surface area contributed by atoms with Crippen LogP contribution in [0.2, 0.25) is 10.0 Å². The van der Waals surface area contributed by atoms with E-state index < -0.39 is 5.97 Å². The Hall–Kier alpha value is -3.08. The molecule has 0 aromatic heterocycles. The number of carbonyl (C=O) groups is 2. The molecule has 0 aliphatic carbocycles. The lowest BCUT2D eigenvalue weighted by Crippen LogP contribution is -2.13. The maximum atomic E-state index is 12.5. The molecule has 0 atom stereocenters. The first-order valence-corrected chi connectivity index (χ1v) is 9.03. The van der Waals surface area contributed by atoms with Crippen LogP contribution >= 0.6 is 23.2 Å². The zero-order valence-electron chi connectivity index (χ0n) is 14.6. The van der Waals surface area contributed by atoms with Crippen molar-refractivity contribution in [2.45, 2.75) is 0 Å². The maximum absolute atomic E-state index is 12.5. The lowest BCUT2D eigenvalue weighted by atomic mass is 10.1. The molecule has 0 spiro atoms. The van der Waals surface area contributed by atoms with Gasteiger partial charge in [0.25, 0.3) is 5.91 Å². The highest BCUT2D eigenvalue weighted by atomic mass is 35.5. The van der Waals surface area contributed by atoms with Gasteiger partial charge in [0.05, 0.1) is 21.3 Å². The fraction of sp³-hybridized carbons (Fsp3) is 0. The Morgan fingerprint density at radius 1 is 0.893 bits per heavy atom. The maximum Gasteiger partial charge on any atom is 0.343 e. The lowest BCUT2D eigenvalue weighted by molar-refractivity contribution is 0.0735. The molecule has 0 aliphatic heterocycles. The summed E-state index contributed by atoms with van der Waals surface area (Å²) in [6.07, 6.45) is 1.59. The van der Waals surface area contributed by atoms with Gasteiger partial charge in [-0.25, -0.2) is 4.79 Å². The van der Waals surface area contributed by atoms with E-state index >= 15 is 0 Å². The van der Waals surface area contributed by atoms with E-state index in [2.05, 4.69) is 11.9 Å². The molecule has 3 aromatic carbocycles. The van der Waals surface area contributed by atoms with E-state index in [0.717, 1.165) is 0 Å². The Balaban J connectivity index is 1.82. The van der Waals surface area contributed by atoms with Crippen LogP contribution in [0.1, 0.15) is 26.3 Å². The summed E-state index contributed by atoms with van der Waals surface area (Å²) < 4.78 is 5.40. The number of esters is 1. The second-order valence-corrected chi connectivity index (χ2v) is 6.61. The van der Waals surface area contributed by atoms with Gasteiger partial charge in [0.15, 0.2) is 0 Å². The molecule has 0 saturated carbocycles. The highest BCUT2D eigenvalue weighted by Crippen LogP contribution is 2.27. The van der Waals surface area contributed by atoms with Gasteiger partial charge in [0.1, 0.15) is 5.75 Å². The molecule has 0 aliphatic rings. The number of amides is 1. The molecular weight excluding hydrogens is 397 g/mol. The molecule has 0 heterocycles. The molecule has 4 nitrogen and oxygen atoms in total. The summed E-state index contributed by atoms with van der Waals surface area (Å²) in [5, 5.41) is 3.42. The average Bonchev–Trinajstić information content (AvgIpc) is 2.71. The molecule has 0 fully saturated rings. The number of hydrogen-bond donors (Lipinski definition) is 1. The van der Waals surface area contributed by atoms with Crippen molar-refractivity contribution in [2.24, 2.45) is 0 Å². The number of hydrogen-bond acceptors (Lipinski definition) is 3. The van der Waals surface area contributed by atoms with Crippen molar-refractivity contribution in [1.82, 2.24) is 0 Å². The first kappa shape index (κ1) is 19.7. The van der Waals surface area contributed by atoms with E-state index in [1.165, 1.54) is 6.07 Å². The van der Waals surface area contributed by atoms with Crippen LogP contribution in [0.4, 0.5) is 5.69 Å². The highest BCUT2D eigenvalue weighted by molar-refractivity contribution is 6.42. The number of anilines is 1. The Morgan fingerprint density at radius 2 is 1.64 bits per heavy atom. The average molecular weight is 412 g/mol. The number of halogens is 2. The zero-order chi connectivity index (χ0) is 20.1. The van der Waals surface area contributed by atoms with Crippen LogP contribution < -0.4 is 10.1 Å². The Kier molecular flexibility index (Phi) is 6.14. The third-order valence-electron chi connectivity index (χ3n) is 3.89. The van der Waals surface area contributed by atoms with Gasteiger partial charge in [-0.3, -0.25) is 4.79 Å². The number of benzene rings is 3. The molecule has 0 bridgehead atoms. The van der Waals surface area contributed by atoms with E-state index in [4.69, 9.17) is 27.9 Å². The minimum absolute atomic E-state index is 0.281. The monoisotopic (exact) mass is 411 g/mol. The fourth-order valence-electron chi connectivity index (χ4n) is 2.46. The minimum Gasteiger partial charge on any atom is -0.423 e. The van der Waals surface area contributed by atoms with Crippen LogP contribution in [-0.4, -0.2) is 11.9 Å². The molecule has 3 aromatic rings. The summed E-state index contributed by atoms with van der Waals surface area (Å²) >= 11 is 11.9. The molecular formula is C22H15Cl2NO3. The Morgan fingerprint density at radius 3 is 2.32 bits per heavy atom. The van der Waals surface area contributed by atoms with E-state index in [1.54, 1.807) is 60.7 Å². The van der Waals surface area contributed by atoms with Crippen molar-refractivity contribution in [3.8, 4) is 5.75 Å². The molecule has 28 heavy (non-hydrogen) atoms. The van der Waals surface area contributed by atoms with Gasteiger partial charge in [-0.2, -0.15) is 0 Å². The third-order valence-corrected chi connectivity index (χ3v) is 4.63. The largest absolute Gasteiger partial charge is 0.423 e. The number of ether oxygens (including phenoxy) is 1. The van der Waals surface area contributed by atoms with E-state index in [9.17, 15) is 9.59 Å². The Labute approximate surface area is 172 Å². The summed E-state index contributed by atoms with van der Waals surface area (Å²) in [6, 6.07) is 18.1. The first-order chi connectivity index (χ1) is 13.5. The number of carbonyl (C=O) groups excluding carboxylic acids is 2. The standard InChI is InChI=1S/C22H15Cl2NO3/c1-2-14-8-10-17(28-22(27)15-6-4-3-5-7-15)13-20(14)25-21(26)16-9-11-18(23)19(24)12-16/h2-13H,1H2,(H,25,26). The smallest absolute Gasteiger partial charge is 0.343 e. The van der Waals surface area contributed by atoms with Gasteiger partial charge in [-0.05, 0) is 48.0 Å². The summed E-state index contributed by atoms with van der Waals surface area (Å²) in [4.78, 5) is 24.8. The number of nitrogens with one attached hydrogen (secondary N) is 1. The van der Waals surface area contributed by atoms with Crippen LogP contribution in [0.15, 0.2) is 73.3 Å². The zero-order valence-corrected chi connectivity index (χ0v) is 16.1. The van der Waals surface area contributed by atoms with Gasteiger partial charge in [-0.15, -0.1) is 0 Å². The van der Waals surface area contributed by atoms with Crippen molar-refractivity contribution in [3.63, 3.8) is 0 Å². The third kappa shape index (κ3) is 4.60. The molecule has 0 radical (unpaired) electrons. The predicted octanol–water partition coefficient (Wildman–Crippen LogP) is 6.11. The highest BCUT2D eigenvalue weighted by Gasteiger charge is 2.13. The van der Waals surface area contributed by atoms with Crippen LogP contribution in [0.25, 0.3) is 6.08 Å². The van der Waals surface area contributed by atoms with Crippen molar-refractivity contribution >= 4 is 46.8 Å². The number of rotatable bonds is 5. The minimum atomic E-state index is -0.492. The van der Waals surface area contributed by atoms with Gasteiger partial charge in [0, 0.05) is 11.6 Å². The second kappa shape index (κ2) is 8.74. The predicted molar refractivity (Wildman–Crippen MR) is 112 cm³/mol. The lowest BCUT2D eigenvalue weighted by Gasteiger charge is -2.12. The quantitative estimate of drug-likeness (QED) is 0.407. The normalized spacial score (nSPS) is 10.2. The van der Waals surface area contributed by atoms with Gasteiger partial charge < -0.3 is 10.1 Å². The fourth-order valence-corrected chi connectivity index (χ4v) is 2.76. The van der Waals surface area contributed by atoms with Crippen molar-refractivity contribution < 1.29 is 14.3 Å². The van der Waals surface area contributed by atoms with Crippen LogP contribution in [0.3, 0.4) is 0 Å². The van der Waals surface area contributed by atoms with Crippen LogP contribution in [0, 0.1) is 0 Å². The van der Waals surface area contributed by atoms with Gasteiger partial charge in [-0.1, -0.05) is 54.1 Å². The second-order valence-electron chi connectivity index (χ2n) is 5.79. The summed E-state index contributed by atoms with van der Waals surface area (Å²) in [7, 11) is 0. The van der Waals surface area contributed by atoms with Crippen molar-refractivity contribution in [3.05, 3.63) is 100 Å². The molecule has 6 heteroatoms. The van der Waals surface area contributed by atoms with Crippen molar-refractivity contribution in [1.29, 1.82) is 0 Å². The molecule has 0 unspecified atom stereocenters. The summed E-state index contributed by atoms with van der Waals surface area (Å²) in [5.74, 6) is -0.578. The molecule has 1 N–H and O–H groups in total. The summed E-state index contributed by atoms with van der Waals surface area (Å²) in [6.45, 7) is 3.74. The van der Waals surface area contributed by atoms with Crippen molar-refractivity contribution in [2.75, 3.05) is 5.32 Å². The molecule has 0 saturated heterocycles. The SMILES string of the molecule is C=Cc1ccc(OC(=O)c2ccccc2)cc1NC(=O)c1ccc(Cl)c(Cl)c1. The van der Waals surface area contributed by atoms with Gasteiger partial charge in [0.2, 0.25) is 0 Å². The first-order valence-electron chi connectivity index (χ1n) is 8.28. The topological polar surface area (TPSA) is 55.4 Å². The molecule has 140 valence electrons. The Bertz CT molecular complexity index is 1050. The van der Waals surface area contributed by atoms with Crippen LogP contribution in [-0.2, 0) is 0 Å². The van der Waals surface area contributed by atoms with Gasteiger partial charge >= 0.3 is 5.97 Å². The summed E-state index contributed by atoms with van der Waals surface area (Å²) in [5.41, 5.74) is 1.89. The van der Waals surface area contributed by atoms with E-state index in [0.29, 0.717) is 33.1 Å². The molecule has 3 rings (SSSR count).